The number of nitrogens with two attached hydrogens (primary N) is 1. The minimum atomic E-state index is -3.73. The van der Waals surface area contributed by atoms with Gasteiger partial charge in [0.05, 0.1) is 16.5 Å². The van der Waals surface area contributed by atoms with Crippen LogP contribution in [0.5, 0.6) is 0 Å². The van der Waals surface area contributed by atoms with Crippen LogP contribution in [0.3, 0.4) is 0 Å². The number of halogens is 1. The molecule has 2 N–H and O–H groups in total. The van der Waals surface area contributed by atoms with Gasteiger partial charge in [-0.2, -0.15) is 5.26 Å². The van der Waals surface area contributed by atoms with E-state index < -0.39 is 10.0 Å². The minimum absolute atomic E-state index is 0.0702. The molecule has 142 valence electrons. The predicted octanol–water partition coefficient (Wildman–Crippen LogP) is 4.57. The molecule has 0 unspecified atom stereocenters. The van der Waals surface area contributed by atoms with Crippen LogP contribution in [0.25, 0.3) is 17.3 Å². The summed E-state index contributed by atoms with van der Waals surface area (Å²) in [5.41, 5.74) is 5.08. The summed E-state index contributed by atoms with van der Waals surface area (Å²) in [5.74, 6) is 0. The molecule has 3 aromatic rings. The predicted molar refractivity (Wildman–Crippen MR) is 114 cm³/mol. The van der Waals surface area contributed by atoms with Gasteiger partial charge in [0.25, 0.3) is 0 Å². The molecule has 0 saturated carbocycles. The number of primary sulfonamides is 1. The Hall–Kier alpha value is -2.66. The van der Waals surface area contributed by atoms with Gasteiger partial charge in [-0.3, -0.25) is 0 Å². The van der Waals surface area contributed by atoms with Crippen molar-refractivity contribution < 1.29 is 8.42 Å². The quantitative estimate of drug-likeness (QED) is 0.584. The van der Waals surface area contributed by atoms with Crippen molar-refractivity contribution in [2.75, 3.05) is 0 Å². The van der Waals surface area contributed by atoms with E-state index >= 15 is 0 Å². The molecule has 28 heavy (non-hydrogen) atoms. The summed E-state index contributed by atoms with van der Waals surface area (Å²) in [6.07, 6.45) is 1.86. The van der Waals surface area contributed by atoms with Crippen molar-refractivity contribution in [3.8, 4) is 11.8 Å². The highest BCUT2D eigenvalue weighted by Gasteiger charge is 2.13. The highest BCUT2D eigenvalue weighted by molar-refractivity contribution is 9.10. The Kier molecular flexibility index (Phi) is 5.57. The summed E-state index contributed by atoms with van der Waals surface area (Å²) in [5, 5.41) is 14.8. The maximum absolute atomic E-state index is 11.5. The van der Waals surface area contributed by atoms with Crippen molar-refractivity contribution in [2.45, 2.75) is 18.7 Å². The van der Waals surface area contributed by atoms with Crippen molar-refractivity contribution in [3.05, 3.63) is 81.6 Å². The molecule has 1 heterocycles. The fraction of sp³-hybridized carbons (Fsp3) is 0.0952. The summed E-state index contributed by atoms with van der Waals surface area (Å²) < 4.78 is 25.9. The van der Waals surface area contributed by atoms with Gasteiger partial charge in [0, 0.05) is 21.5 Å². The van der Waals surface area contributed by atoms with Crippen LogP contribution < -0.4 is 5.14 Å². The van der Waals surface area contributed by atoms with Crippen LogP contribution in [0.2, 0.25) is 0 Å². The molecule has 0 atom stereocenters. The molecule has 1 aromatic heterocycles. The van der Waals surface area contributed by atoms with E-state index in [9.17, 15) is 13.7 Å². The first-order chi connectivity index (χ1) is 13.2. The maximum Gasteiger partial charge on any atom is 0.238 e. The molecule has 0 bridgehead atoms. The maximum atomic E-state index is 11.5. The first kappa shape index (κ1) is 20.1. The number of nitrogens with zero attached hydrogens (tertiary/aromatic N) is 2. The molecule has 0 amide bonds. The van der Waals surface area contributed by atoms with Gasteiger partial charge in [0.15, 0.2) is 0 Å². The molecule has 0 fully saturated rings. The van der Waals surface area contributed by atoms with Gasteiger partial charge >= 0.3 is 0 Å². The smallest absolute Gasteiger partial charge is 0.238 e. The van der Waals surface area contributed by atoms with Gasteiger partial charge < -0.3 is 4.57 Å². The molecule has 0 aliphatic heterocycles. The van der Waals surface area contributed by atoms with Crippen LogP contribution in [0.4, 0.5) is 0 Å². The van der Waals surface area contributed by atoms with Crippen LogP contribution >= 0.6 is 15.9 Å². The molecule has 3 rings (SSSR count). The largest absolute Gasteiger partial charge is 0.318 e. The van der Waals surface area contributed by atoms with Gasteiger partial charge in [-0.25, -0.2) is 13.6 Å². The van der Waals surface area contributed by atoms with E-state index in [2.05, 4.69) is 22.0 Å². The summed E-state index contributed by atoms with van der Waals surface area (Å²) >= 11 is 3.40. The highest BCUT2D eigenvalue weighted by atomic mass is 79.9. The van der Waals surface area contributed by atoms with Crippen molar-refractivity contribution in [1.82, 2.24) is 4.57 Å². The second kappa shape index (κ2) is 7.76. The van der Waals surface area contributed by atoms with E-state index in [0.29, 0.717) is 5.57 Å². The van der Waals surface area contributed by atoms with Crippen LogP contribution in [0.1, 0.15) is 22.5 Å². The number of hydrogen-bond acceptors (Lipinski definition) is 3. The lowest BCUT2D eigenvalue weighted by atomic mass is 10.0. The number of benzene rings is 2. The molecular weight excluding hydrogens is 438 g/mol. The number of hydrogen-bond donors (Lipinski definition) is 1. The van der Waals surface area contributed by atoms with E-state index in [4.69, 9.17) is 5.14 Å². The van der Waals surface area contributed by atoms with Crippen LogP contribution in [-0.2, 0) is 10.0 Å². The fourth-order valence-corrected chi connectivity index (χ4v) is 3.86. The van der Waals surface area contributed by atoms with E-state index in [-0.39, 0.29) is 4.90 Å². The highest BCUT2D eigenvalue weighted by Crippen LogP contribution is 2.26. The number of aryl methyl sites for hydroxylation is 1. The van der Waals surface area contributed by atoms with Crippen LogP contribution in [0, 0.1) is 25.2 Å². The molecule has 0 aliphatic carbocycles. The fourth-order valence-electron chi connectivity index (χ4n) is 3.08. The van der Waals surface area contributed by atoms with E-state index in [1.807, 2.05) is 54.8 Å². The summed E-state index contributed by atoms with van der Waals surface area (Å²) in [6.45, 7) is 3.92. The van der Waals surface area contributed by atoms with Gasteiger partial charge in [0.2, 0.25) is 10.0 Å². The van der Waals surface area contributed by atoms with E-state index in [1.165, 1.54) is 12.1 Å². The van der Waals surface area contributed by atoms with Crippen molar-refractivity contribution in [2.24, 2.45) is 5.14 Å². The SMILES string of the molecule is Cc1cc(/C=C(/C#N)c2ccc(Br)cc2)c(C)n1-c1ccc(S(N)(=O)=O)cc1. The average molecular weight is 456 g/mol. The zero-order valence-electron chi connectivity index (χ0n) is 15.3. The third-order valence-electron chi connectivity index (χ3n) is 4.47. The van der Waals surface area contributed by atoms with Crippen LogP contribution in [0.15, 0.2) is 64.0 Å². The monoisotopic (exact) mass is 455 g/mol. The Balaban J connectivity index is 2.04. The lowest BCUT2D eigenvalue weighted by Gasteiger charge is -2.10. The Morgan fingerprint density at radius 1 is 1.11 bits per heavy atom. The second-order valence-corrected chi connectivity index (χ2v) is 8.85. The Morgan fingerprint density at radius 3 is 2.25 bits per heavy atom. The summed E-state index contributed by atoms with van der Waals surface area (Å²) in [4.78, 5) is 0.0702. The minimum Gasteiger partial charge on any atom is -0.318 e. The van der Waals surface area contributed by atoms with Crippen LogP contribution in [-0.4, -0.2) is 13.0 Å². The molecular formula is C21H18BrN3O2S. The molecule has 0 aliphatic rings. The van der Waals surface area contributed by atoms with Crippen molar-refractivity contribution >= 4 is 37.6 Å². The van der Waals surface area contributed by atoms with Gasteiger partial charge in [-0.15, -0.1) is 0 Å². The number of allylic oxidation sites excluding steroid dienone is 1. The first-order valence-electron chi connectivity index (χ1n) is 8.40. The molecule has 0 spiro atoms. The van der Waals surface area contributed by atoms with E-state index in [1.54, 1.807) is 12.1 Å². The number of aromatic nitrogens is 1. The number of rotatable bonds is 4. The normalized spacial score (nSPS) is 12.0. The average Bonchev–Trinajstić information content (AvgIpc) is 2.93. The molecule has 0 radical (unpaired) electrons. The van der Waals surface area contributed by atoms with Crippen molar-refractivity contribution in [3.63, 3.8) is 0 Å². The van der Waals surface area contributed by atoms with Gasteiger partial charge in [0.1, 0.15) is 0 Å². The first-order valence-corrected chi connectivity index (χ1v) is 10.7. The number of sulfonamides is 1. The standard InChI is InChI=1S/C21H18BrN3O2S/c1-14-11-17(12-18(13-23)16-3-5-19(22)6-4-16)15(2)25(14)20-7-9-21(10-8-20)28(24,26)27/h3-12H,1-2H3,(H2,24,26,27)/b18-12-. The molecule has 2 aromatic carbocycles. The Morgan fingerprint density at radius 2 is 1.71 bits per heavy atom. The summed E-state index contributed by atoms with van der Waals surface area (Å²) in [7, 11) is -3.73. The zero-order chi connectivity index (χ0) is 20.5. The molecule has 0 saturated heterocycles. The second-order valence-electron chi connectivity index (χ2n) is 6.38. The summed E-state index contributed by atoms with van der Waals surface area (Å²) in [6, 6.07) is 18.3. The Bertz CT molecular complexity index is 1200. The van der Waals surface area contributed by atoms with Gasteiger partial charge in [-0.1, -0.05) is 28.1 Å². The third-order valence-corrected chi connectivity index (χ3v) is 5.93. The topological polar surface area (TPSA) is 88.9 Å². The van der Waals surface area contributed by atoms with Crippen molar-refractivity contribution in [1.29, 1.82) is 5.26 Å². The van der Waals surface area contributed by atoms with E-state index in [0.717, 1.165) is 32.7 Å². The Labute approximate surface area is 172 Å². The molecule has 5 nitrogen and oxygen atoms in total. The van der Waals surface area contributed by atoms with Gasteiger partial charge in [-0.05, 0) is 73.5 Å². The third kappa shape index (κ3) is 4.09. The molecule has 7 heteroatoms. The lowest BCUT2D eigenvalue weighted by molar-refractivity contribution is 0.598. The number of nitriles is 1. The lowest BCUT2D eigenvalue weighted by Crippen LogP contribution is -2.12. The zero-order valence-corrected chi connectivity index (χ0v) is 17.8.